The summed E-state index contributed by atoms with van der Waals surface area (Å²) in [6.07, 6.45) is 8.79. The Labute approximate surface area is 156 Å². The Morgan fingerprint density at radius 1 is 1.38 bits per heavy atom. The topological polar surface area (TPSA) is 58.6 Å². The molecule has 4 atom stereocenters. The minimum atomic E-state index is -0.728. The summed E-state index contributed by atoms with van der Waals surface area (Å²) in [6.45, 7) is 3.71. The second-order valence-electron chi connectivity index (χ2n) is 8.68. The second-order valence-corrected chi connectivity index (χ2v) is 8.68. The van der Waals surface area contributed by atoms with Gasteiger partial charge in [0.25, 0.3) is 0 Å². The van der Waals surface area contributed by atoms with Crippen molar-refractivity contribution in [3.63, 3.8) is 0 Å². The van der Waals surface area contributed by atoms with Crippen molar-refractivity contribution in [2.45, 2.75) is 69.7 Å². The number of aliphatic carboxylic acids is 1. The molecule has 2 aliphatic carbocycles. The van der Waals surface area contributed by atoms with Crippen molar-refractivity contribution in [3.05, 3.63) is 29.3 Å². The fourth-order valence-electron chi connectivity index (χ4n) is 5.77. The van der Waals surface area contributed by atoms with Crippen LogP contribution in [0.1, 0.15) is 63.0 Å². The van der Waals surface area contributed by atoms with Gasteiger partial charge in [0.05, 0.1) is 6.61 Å². The average molecular weight is 357 g/mol. The van der Waals surface area contributed by atoms with Crippen molar-refractivity contribution in [1.82, 2.24) is 5.32 Å². The standard InChI is InChI=1S/C22H31NO3/c1-15(12-21(24)25)7-11-26-17-6-5-16-13-20-18-4-2-3-8-22(18,9-10-23-20)19(16)14-17/h5-6,14-15,18,20,23H,2-4,7-13H2,1H3,(H,24,25)/t15?,18-,20+,22+/m0/s1. The van der Waals surface area contributed by atoms with Crippen LogP contribution in [0.25, 0.3) is 0 Å². The van der Waals surface area contributed by atoms with Crippen molar-refractivity contribution in [1.29, 1.82) is 0 Å². The number of nitrogens with one attached hydrogen (secondary N) is 1. The number of rotatable bonds is 6. The Balaban J connectivity index is 1.50. The van der Waals surface area contributed by atoms with E-state index >= 15 is 0 Å². The molecule has 2 bridgehead atoms. The lowest BCUT2D eigenvalue weighted by molar-refractivity contribution is -0.138. The minimum absolute atomic E-state index is 0.150. The Morgan fingerprint density at radius 3 is 3.12 bits per heavy atom. The zero-order chi connectivity index (χ0) is 18.1. The van der Waals surface area contributed by atoms with Gasteiger partial charge in [0.1, 0.15) is 5.75 Å². The Morgan fingerprint density at radius 2 is 2.27 bits per heavy atom. The van der Waals surface area contributed by atoms with E-state index in [1.54, 1.807) is 5.56 Å². The molecule has 1 saturated carbocycles. The zero-order valence-electron chi connectivity index (χ0n) is 15.8. The highest BCUT2D eigenvalue weighted by Crippen LogP contribution is 2.54. The summed E-state index contributed by atoms with van der Waals surface area (Å²) >= 11 is 0. The predicted octanol–water partition coefficient (Wildman–Crippen LogP) is 3.91. The number of hydrogen-bond donors (Lipinski definition) is 2. The highest BCUT2D eigenvalue weighted by atomic mass is 16.5. The van der Waals surface area contributed by atoms with Gasteiger partial charge < -0.3 is 15.2 Å². The van der Waals surface area contributed by atoms with Crippen molar-refractivity contribution in [3.8, 4) is 5.75 Å². The molecule has 4 nitrogen and oxygen atoms in total. The zero-order valence-corrected chi connectivity index (χ0v) is 15.8. The van der Waals surface area contributed by atoms with E-state index in [9.17, 15) is 4.79 Å². The molecule has 1 saturated heterocycles. The van der Waals surface area contributed by atoms with Crippen LogP contribution in [0.3, 0.4) is 0 Å². The lowest BCUT2D eigenvalue weighted by Crippen LogP contribution is -2.59. The number of carboxylic acids is 1. The van der Waals surface area contributed by atoms with Gasteiger partial charge in [-0.05, 0) is 73.7 Å². The minimum Gasteiger partial charge on any atom is -0.494 e. The first-order valence-electron chi connectivity index (χ1n) is 10.3. The third-order valence-electron chi connectivity index (χ3n) is 7.02. The van der Waals surface area contributed by atoms with Crippen LogP contribution in [-0.4, -0.2) is 30.3 Å². The normalized spacial score (nSPS) is 30.8. The summed E-state index contributed by atoms with van der Waals surface area (Å²) in [5.74, 6) is 1.16. The third kappa shape index (κ3) is 3.24. The number of piperidine rings is 1. The SMILES string of the molecule is CC(CCOc1ccc2c(c1)[C@@]13CCCC[C@H]1[C@@H](C2)NCC3)CC(=O)O. The van der Waals surface area contributed by atoms with Gasteiger partial charge in [0.15, 0.2) is 0 Å². The van der Waals surface area contributed by atoms with Gasteiger partial charge in [-0.2, -0.15) is 0 Å². The molecule has 26 heavy (non-hydrogen) atoms. The van der Waals surface area contributed by atoms with Gasteiger partial charge >= 0.3 is 5.97 Å². The molecule has 1 aromatic rings. The van der Waals surface area contributed by atoms with E-state index in [-0.39, 0.29) is 12.3 Å². The number of benzene rings is 1. The molecule has 0 spiro atoms. The lowest BCUT2D eigenvalue weighted by Gasteiger charge is -2.56. The van der Waals surface area contributed by atoms with Crippen LogP contribution in [-0.2, 0) is 16.6 Å². The molecule has 4 heteroatoms. The fourth-order valence-corrected chi connectivity index (χ4v) is 5.77. The molecule has 0 radical (unpaired) electrons. The molecule has 1 heterocycles. The smallest absolute Gasteiger partial charge is 0.303 e. The summed E-state index contributed by atoms with van der Waals surface area (Å²) in [7, 11) is 0. The first-order valence-corrected chi connectivity index (χ1v) is 10.3. The molecule has 3 aliphatic rings. The maximum absolute atomic E-state index is 10.8. The fraction of sp³-hybridized carbons (Fsp3) is 0.682. The van der Waals surface area contributed by atoms with Crippen molar-refractivity contribution in [2.24, 2.45) is 11.8 Å². The summed E-state index contributed by atoms with van der Waals surface area (Å²) in [5, 5.41) is 12.7. The van der Waals surface area contributed by atoms with Crippen LogP contribution in [0.5, 0.6) is 5.75 Å². The van der Waals surface area contributed by atoms with E-state index in [2.05, 4.69) is 23.5 Å². The maximum atomic E-state index is 10.8. The Bertz CT molecular complexity index is 669. The third-order valence-corrected chi connectivity index (χ3v) is 7.02. The Hall–Kier alpha value is -1.55. The molecule has 0 aromatic heterocycles. The number of carbonyl (C=O) groups is 1. The summed E-state index contributed by atoms with van der Waals surface area (Å²) < 4.78 is 6.03. The van der Waals surface area contributed by atoms with Crippen LogP contribution in [0.4, 0.5) is 0 Å². The van der Waals surface area contributed by atoms with Gasteiger partial charge in [0.2, 0.25) is 0 Å². The van der Waals surface area contributed by atoms with Gasteiger partial charge in [-0.25, -0.2) is 0 Å². The lowest BCUT2D eigenvalue weighted by atomic mass is 9.53. The highest BCUT2D eigenvalue weighted by Gasteiger charge is 2.51. The van der Waals surface area contributed by atoms with Crippen molar-refractivity contribution < 1.29 is 14.6 Å². The average Bonchev–Trinajstić information content (AvgIpc) is 2.61. The monoisotopic (exact) mass is 357 g/mol. The van der Waals surface area contributed by atoms with Crippen molar-refractivity contribution in [2.75, 3.05) is 13.2 Å². The van der Waals surface area contributed by atoms with Gasteiger partial charge in [-0.15, -0.1) is 0 Å². The van der Waals surface area contributed by atoms with Crippen LogP contribution in [0.15, 0.2) is 18.2 Å². The number of fused-ring (bicyclic) bond motifs is 1. The summed E-state index contributed by atoms with van der Waals surface area (Å²) in [6, 6.07) is 7.35. The number of hydrogen-bond acceptors (Lipinski definition) is 3. The van der Waals surface area contributed by atoms with Gasteiger partial charge in [-0.1, -0.05) is 25.8 Å². The molecule has 0 amide bonds. The number of carboxylic acid groups (broad SMARTS) is 1. The number of ether oxygens (including phenoxy) is 1. The van der Waals surface area contributed by atoms with Crippen LogP contribution >= 0.6 is 0 Å². The quantitative estimate of drug-likeness (QED) is 0.810. The van der Waals surface area contributed by atoms with Crippen LogP contribution < -0.4 is 10.1 Å². The van der Waals surface area contributed by atoms with E-state index in [4.69, 9.17) is 9.84 Å². The Kier molecular flexibility index (Phi) is 4.96. The van der Waals surface area contributed by atoms with E-state index in [0.29, 0.717) is 18.1 Å². The molecule has 1 aromatic carbocycles. The van der Waals surface area contributed by atoms with Crippen molar-refractivity contribution >= 4 is 5.97 Å². The molecule has 2 fully saturated rings. The molecule has 142 valence electrons. The predicted molar refractivity (Wildman–Crippen MR) is 102 cm³/mol. The molecule has 4 rings (SSSR count). The molecule has 1 unspecified atom stereocenters. The van der Waals surface area contributed by atoms with E-state index in [0.717, 1.165) is 31.1 Å². The highest BCUT2D eigenvalue weighted by molar-refractivity contribution is 5.66. The van der Waals surface area contributed by atoms with Gasteiger partial charge in [-0.3, -0.25) is 4.79 Å². The second kappa shape index (κ2) is 7.22. The molecular formula is C22H31NO3. The van der Waals surface area contributed by atoms with E-state index in [1.807, 2.05) is 6.92 Å². The first-order chi connectivity index (χ1) is 12.6. The first kappa shape index (κ1) is 17.8. The molecule has 1 aliphatic heterocycles. The maximum Gasteiger partial charge on any atom is 0.303 e. The summed E-state index contributed by atoms with van der Waals surface area (Å²) in [5.41, 5.74) is 3.42. The van der Waals surface area contributed by atoms with Crippen LogP contribution in [0, 0.1) is 11.8 Å². The van der Waals surface area contributed by atoms with Crippen LogP contribution in [0.2, 0.25) is 0 Å². The largest absolute Gasteiger partial charge is 0.494 e. The van der Waals surface area contributed by atoms with E-state index < -0.39 is 5.97 Å². The molecular weight excluding hydrogens is 326 g/mol. The van der Waals surface area contributed by atoms with E-state index in [1.165, 1.54) is 37.7 Å². The molecule has 2 N–H and O–H groups in total. The summed E-state index contributed by atoms with van der Waals surface area (Å²) in [4.78, 5) is 10.8. The van der Waals surface area contributed by atoms with Gasteiger partial charge in [0, 0.05) is 17.9 Å².